The molecule has 1 aromatic heterocycles. The van der Waals surface area contributed by atoms with Gasteiger partial charge in [-0.2, -0.15) is 0 Å². The van der Waals surface area contributed by atoms with Gasteiger partial charge >= 0.3 is 0 Å². The van der Waals surface area contributed by atoms with Gasteiger partial charge in [-0.3, -0.25) is 0 Å². The molecule has 2 nitrogen and oxygen atoms in total. The lowest BCUT2D eigenvalue weighted by molar-refractivity contribution is 0.274. The molecule has 106 valence electrons. The normalized spacial score (nSPS) is 22.2. The highest BCUT2D eigenvalue weighted by Crippen LogP contribution is 2.38. The lowest BCUT2D eigenvalue weighted by atomic mass is 9.84. The fourth-order valence-corrected chi connectivity index (χ4v) is 4.97. The van der Waals surface area contributed by atoms with Crippen molar-refractivity contribution < 1.29 is 0 Å². The van der Waals surface area contributed by atoms with Crippen LogP contribution < -0.4 is 5.32 Å². The van der Waals surface area contributed by atoms with E-state index in [0.717, 1.165) is 12.5 Å². The summed E-state index contributed by atoms with van der Waals surface area (Å²) >= 11 is 2.00. The molecule has 0 aliphatic heterocycles. The molecule has 1 saturated carbocycles. The van der Waals surface area contributed by atoms with Crippen LogP contribution in [0.2, 0.25) is 0 Å². The average Bonchev–Trinajstić information content (AvgIpc) is 2.89. The van der Waals surface area contributed by atoms with Gasteiger partial charge in [-0.05, 0) is 51.0 Å². The lowest BCUT2D eigenvalue weighted by Gasteiger charge is -2.29. The van der Waals surface area contributed by atoms with Crippen LogP contribution >= 0.6 is 11.3 Å². The van der Waals surface area contributed by atoms with Gasteiger partial charge in [-0.25, -0.2) is 4.98 Å². The molecule has 0 saturated heterocycles. The van der Waals surface area contributed by atoms with Crippen LogP contribution in [0.4, 0.5) is 0 Å². The molecule has 19 heavy (non-hydrogen) atoms. The zero-order valence-electron chi connectivity index (χ0n) is 12.1. The van der Waals surface area contributed by atoms with Crippen LogP contribution in [0.3, 0.4) is 0 Å². The molecule has 1 aromatic rings. The minimum absolute atomic E-state index is 0.529. The Morgan fingerprint density at radius 2 is 1.95 bits per heavy atom. The summed E-state index contributed by atoms with van der Waals surface area (Å²) in [4.78, 5) is 6.58. The number of rotatable bonds is 4. The monoisotopic (exact) mass is 278 g/mol. The van der Waals surface area contributed by atoms with E-state index < -0.39 is 0 Å². The molecule has 2 aliphatic carbocycles. The Morgan fingerprint density at radius 1 is 1.16 bits per heavy atom. The summed E-state index contributed by atoms with van der Waals surface area (Å²) in [5.41, 5.74) is 1.42. The van der Waals surface area contributed by atoms with Gasteiger partial charge in [0.2, 0.25) is 0 Å². The van der Waals surface area contributed by atoms with E-state index in [0.29, 0.717) is 6.04 Å². The molecule has 0 spiro atoms. The molecule has 2 aliphatic rings. The fraction of sp³-hybridized carbons (Fsp3) is 0.812. The molecule has 1 N–H and O–H groups in total. The number of fused-ring (bicyclic) bond motifs is 1. The van der Waals surface area contributed by atoms with Crippen molar-refractivity contribution in [2.24, 2.45) is 5.92 Å². The summed E-state index contributed by atoms with van der Waals surface area (Å²) in [6.45, 7) is 3.29. The quantitative estimate of drug-likeness (QED) is 0.890. The number of thiazole rings is 1. The number of nitrogens with one attached hydrogen (secondary N) is 1. The number of aryl methyl sites for hydroxylation is 2. The summed E-state index contributed by atoms with van der Waals surface area (Å²) in [6, 6.07) is 0.529. The Balaban J connectivity index is 1.80. The zero-order valence-corrected chi connectivity index (χ0v) is 12.9. The van der Waals surface area contributed by atoms with E-state index in [4.69, 9.17) is 4.98 Å². The van der Waals surface area contributed by atoms with Crippen molar-refractivity contribution in [2.75, 3.05) is 6.54 Å². The third kappa shape index (κ3) is 3.03. The Kier molecular flexibility index (Phi) is 4.54. The number of nitrogens with zero attached hydrogens (tertiary/aromatic N) is 1. The van der Waals surface area contributed by atoms with Crippen LogP contribution in [0.5, 0.6) is 0 Å². The molecule has 1 atom stereocenters. The zero-order chi connectivity index (χ0) is 13.1. The summed E-state index contributed by atoms with van der Waals surface area (Å²) in [6.07, 6.45) is 12.2. The van der Waals surface area contributed by atoms with E-state index in [1.54, 1.807) is 4.88 Å². The Bertz CT molecular complexity index is 383. The van der Waals surface area contributed by atoms with E-state index in [1.807, 2.05) is 11.3 Å². The first-order valence-corrected chi connectivity index (χ1v) is 8.92. The standard InChI is InChI=1S/C16H26N2S/c1-2-17-15(12-8-4-3-5-9-12)16-18-13-10-6-7-11-14(13)19-16/h12,15,17H,2-11H2,1H3. The van der Waals surface area contributed by atoms with Gasteiger partial charge in [0.15, 0.2) is 0 Å². The van der Waals surface area contributed by atoms with Crippen molar-refractivity contribution in [3.63, 3.8) is 0 Å². The first kappa shape index (κ1) is 13.6. The van der Waals surface area contributed by atoms with E-state index in [2.05, 4.69) is 12.2 Å². The molecule has 3 heteroatoms. The fourth-order valence-electron chi connectivity index (χ4n) is 3.65. The first-order chi connectivity index (χ1) is 9.38. The van der Waals surface area contributed by atoms with Crippen LogP contribution in [-0.2, 0) is 12.8 Å². The highest BCUT2D eigenvalue weighted by Gasteiger charge is 2.28. The molecule has 0 aromatic carbocycles. The minimum Gasteiger partial charge on any atom is -0.308 e. The number of hydrogen-bond acceptors (Lipinski definition) is 3. The predicted molar refractivity (Wildman–Crippen MR) is 81.7 cm³/mol. The highest BCUT2D eigenvalue weighted by molar-refractivity contribution is 7.11. The van der Waals surface area contributed by atoms with Crippen LogP contribution in [0, 0.1) is 5.92 Å². The van der Waals surface area contributed by atoms with Crippen LogP contribution in [0.15, 0.2) is 0 Å². The Morgan fingerprint density at radius 3 is 2.68 bits per heavy atom. The molecule has 0 amide bonds. The lowest BCUT2D eigenvalue weighted by Crippen LogP contribution is -2.29. The van der Waals surface area contributed by atoms with E-state index in [1.165, 1.54) is 68.5 Å². The average molecular weight is 278 g/mol. The predicted octanol–water partition coefficient (Wildman–Crippen LogP) is 4.25. The smallest absolute Gasteiger partial charge is 0.110 e. The van der Waals surface area contributed by atoms with Crippen molar-refractivity contribution in [2.45, 2.75) is 70.8 Å². The summed E-state index contributed by atoms with van der Waals surface area (Å²) in [5, 5.41) is 5.12. The van der Waals surface area contributed by atoms with Gasteiger partial charge in [-0.15, -0.1) is 11.3 Å². The maximum absolute atomic E-state index is 5.00. The number of hydrogen-bond donors (Lipinski definition) is 1. The van der Waals surface area contributed by atoms with Crippen molar-refractivity contribution in [3.8, 4) is 0 Å². The first-order valence-electron chi connectivity index (χ1n) is 8.10. The van der Waals surface area contributed by atoms with Crippen molar-refractivity contribution in [3.05, 3.63) is 15.6 Å². The second-order valence-electron chi connectivity index (χ2n) is 6.06. The summed E-state index contributed by atoms with van der Waals surface area (Å²) < 4.78 is 0. The summed E-state index contributed by atoms with van der Waals surface area (Å²) in [5.74, 6) is 0.821. The minimum atomic E-state index is 0.529. The van der Waals surface area contributed by atoms with Crippen LogP contribution in [-0.4, -0.2) is 11.5 Å². The van der Waals surface area contributed by atoms with Crippen molar-refractivity contribution in [1.29, 1.82) is 0 Å². The Hall–Kier alpha value is -0.410. The number of aromatic nitrogens is 1. The van der Waals surface area contributed by atoms with Gasteiger partial charge in [0, 0.05) is 4.88 Å². The SMILES string of the molecule is CCNC(c1nc2c(s1)CCCC2)C1CCCCC1. The topological polar surface area (TPSA) is 24.9 Å². The largest absolute Gasteiger partial charge is 0.308 e. The van der Waals surface area contributed by atoms with E-state index in [9.17, 15) is 0 Å². The van der Waals surface area contributed by atoms with Crippen molar-refractivity contribution >= 4 is 11.3 Å². The van der Waals surface area contributed by atoms with E-state index in [-0.39, 0.29) is 0 Å². The third-order valence-electron chi connectivity index (χ3n) is 4.67. The second kappa shape index (κ2) is 6.36. The van der Waals surface area contributed by atoms with Gasteiger partial charge in [0.25, 0.3) is 0 Å². The highest BCUT2D eigenvalue weighted by atomic mass is 32.1. The molecule has 3 rings (SSSR count). The molecule has 1 unspecified atom stereocenters. The molecule has 1 fully saturated rings. The van der Waals surface area contributed by atoms with Gasteiger partial charge in [0.05, 0.1) is 11.7 Å². The van der Waals surface area contributed by atoms with Crippen molar-refractivity contribution in [1.82, 2.24) is 10.3 Å². The maximum Gasteiger partial charge on any atom is 0.110 e. The van der Waals surface area contributed by atoms with Gasteiger partial charge in [0.1, 0.15) is 5.01 Å². The molecule has 1 heterocycles. The Labute approximate surface area is 121 Å². The second-order valence-corrected chi connectivity index (χ2v) is 7.18. The van der Waals surface area contributed by atoms with Crippen LogP contribution in [0.1, 0.15) is 73.5 Å². The summed E-state index contributed by atoms with van der Waals surface area (Å²) in [7, 11) is 0. The molecule has 0 radical (unpaired) electrons. The molecular weight excluding hydrogens is 252 g/mol. The molecular formula is C16H26N2S. The molecule has 0 bridgehead atoms. The van der Waals surface area contributed by atoms with Gasteiger partial charge in [-0.1, -0.05) is 26.2 Å². The van der Waals surface area contributed by atoms with E-state index >= 15 is 0 Å². The van der Waals surface area contributed by atoms with Gasteiger partial charge < -0.3 is 5.32 Å². The third-order valence-corrected chi connectivity index (χ3v) is 5.91. The van der Waals surface area contributed by atoms with Crippen LogP contribution in [0.25, 0.3) is 0 Å². The maximum atomic E-state index is 5.00.